The zero-order valence-corrected chi connectivity index (χ0v) is 15.3. The first-order valence-corrected chi connectivity index (χ1v) is 9.98. The maximum absolute atomic E-state index is 11.3. The molecule has 1 heterocycles. The number of fused-ring (bicyclic) bond motifs is 1. The number of nitrogens with zero attached hydrogens (tertiary/aromatic N) is 2. The molecule has 1 aromatic carbocycles. The molecule has 1 aromatic heterocycles. The fourth-order valence-corrected chi connectivity index (χ4v) is 4.49. The van der Waals surface area contributed by atoms with E-state index in [4.69, 9.17) is 4.18 Å². The zero-order chi connectivity index (χ0) is 16.8. The standard InChI is InChI=1S/C16H17BrN2O3S/c1-10-5-16-14(6-11(10)8-18)15(17)9-19(16)12-3-4-13(7-12)22-23(2,20)21/h5-6,9,12-13H,3-4,7H2,1-2H3/t12-,13+/m1/s1. The minimum absolute atomic E-state index is 0.197. The maximum atomic E-state index is 11.3. The minimum atomic E-state index is -3.42. The van der Waals surface area contributed by atoms with Gasteiger partial charge < -0.3 is 4.57 Å². The van der Waals surface area contributed by atoms with Crippen LogP contribution >= 0.6 is 15.9 Å². The fraction of sp³-hybridized carbons (Fsp3) is 0.438. The lowest BCUT2D eigenvalue weighted by Gasteiger charge is -2.15. The molecule has 0 amide bonds. The van der Waals surface area contributed by atoms with Gasteiger partial charge in [-0.15, -0.1) is 0 Å². The molecule has 2 atom stereocenters. The summed E-state index contributed by atoms with van der Waals surface area (Å²) in [4.78, 5) is 0. The predicted octanol–water partition coefficient (Wildman–Crippen LogP) is 3.65. The normalized spacial score (nSPS) is 21.7. The molecule has 122 valence electrons. The highest BCUT2D eigenvalue weighted by Gasteiger charge is 2.30. The second-order valence-electron chi connectivity index (χ2n) is 6.07. The number of benzene rings is 1. The van der Waals surface area contributed by atoms with Crippen LogP contribution in [0, 0.1) is 18.3 Å². The van der Waals surface area contributed by atoms with E-state index in [0.29, 0.717) is 12.0 Å². The van der Waals surface area contributed by atoms with Crippen molar-refractivity contribution in [2.24, 2.45) is 0 Å². The van der Waals surface area contributed by atoms with Gasteiger partial charge in [0.1, 0.15) is 0 Å². The van der Waals surface area contributed by atoms with Gasteiger partial charge in [-0.05, 0) is 59.8 Å². The highest BCUT2D eigenvalue weighted by Crippen LogP contribution is 2.38. The molecule has 5 nitrogen and oxygen atoms in total. The molecule has 1 fully saturated rings. The molecule has 3 rings (SSSR count). The van der Waals surface area contributed by atoms with Crippen LogP contribution in [-0.2, 0) is 14.3 Å². The summed E-state index contributed by atoms with van der Waals surface area (Å²) in [5.74, 6) is 0. The average molecular weight is 397 g/mol. The minimum Gasteiger partial charge on any atom is -0.343 e. The van der Waals surface area contributed by atoms with Crippen molar-refractivity contribution in [2.45, 2.75) is 38.3 Å². The van der Waals surface area contributed by atoms with Gasteiger partial charge >= 0.3 is 0 Å². The Morgan fingerprint density at radius 3 is 2.78 bits per heavy atom. The Labute approximate surface area is 144 Å². The summed E-state index contributed by atoms with van der Waals surface area (Å²) in [5.41, 5.74) is 2.66. The second-order valence-corrected chi connectivity index (χ2v) is 8.52. The number of hydrogen-bond acceptors (Lipinski definition) is 4. The highest BCUT2D eigenvalue weighted by atomic mass is 79.9. The summed E-state index contributed by atoms with van der Waals surface area (Å²) >= 11 is 3.56. The molecular formula is C16H17BrN2O3S. The Bertz CT molecular complexity index is 912. The van der Waals surface area contributed by atoms with Crippen LogP contribution in [0.2, 0.25) is 0 Å². The van der Waals surface area contributed by atoms with E-state index in [9.17, 15) is 13.7 Å². The number of aryl methyl sites for hydroxylation is 1. The molecule has 0 bridgehead atoms. The van der Waals surface area contributed by atoms with Gasteiger partial charge in [0.15, 0.2) is 0 Å². The summed E-state index contributed by atoms with van der Waals surface area (Å²) in [6.07, 6.45) is 5.11. The third kappa shape index (κ3) is 3.30. The molecule has 0 unspecified atom stereocenters. The number of nitriles is 1. The molecule has 0 radical (unpaired) electrons. The Morgan fingerprint density at radius 1 is 1.39 bits per heavy atom. The summed E-state index contributed by atoms with van der Waals surface area (Å²) < 4.78 is 30.8. The van der Waals surface area contributed by atoms with Crippen LogP contribution in [0.5, 0.6) is 0 Å². The third-order valence-corrected chi connectivity index (χ3v) is 5.57. The molecule has 1 aliphatic rings. The van der Waals surface area contributed by atoms with Crippen molar-refractivity contribution in [3.63, 3.8) is 0 Å². The van der Waals surface area contributed by atoms with Gasteiger partial charge in [-0.2, -0.15) is 13.7 Å². The lowest BCUT2D eigenvalue weighted by atomic mass is 10.1. The van der Waals surface area contributed by atoms with Crippen molar-refractivity contribution >= 4 is 37.0 Å². The molecule has 1 saturated carbocycles. The lowest BCUT2D eigenvalue weighted by molar-refractivity contribution is 0.214. The molecule has 0 spiro atoms. The Hall–Kier alpha value is -1.36. The number of aromatic nitrogens is 1. The van der Waals surface area contributed by atoms with Gasteiger partial charge in [0.25, 0.3) is 10.1 Å². The van der Waals surface area contributed by atoms with Crippen LogP contribution in [0.25, 0.3) is 10.9 Å². The lowest BCUT2D eigenvalue weighted by Crippen LogP contribution is -2.15. The molecule has 2 aromatic rings. The van der Waals surface area contributed by atoms with Crippen molar-refractivity contribution in [2.75, 3.05) is 6.26 Å². The average Bonchev–Trinajstić information content (AvgIpc) is 3.01. The van der Waals surface area contributed by atoms with Crippen LogP contribution in [0.3, 0.4) is 0 Å². The Kier molecular flexibility index (Phi) is 4.25. The predicted molar refractivity (Wildman–Crippen MR) is 91.7 cm³/mol. The van der Waals surface area contributed by atoms with E-state index in [-0.39, 0.29) is 12.1 Å². The first-order valence-electron chi connectivity index (χ1n) is 7.37. The first kappa shape index (κ1) is 16.5. The van der Waals surface area contributed by atoms with Gasteiger partial charge in [-0.3, -0.25) is 4.18 Å². The van der Waals surface area contributed by atoms with Crippen LogP contribution < -0.4 is 0 Å². The van der Waals surface area contributed by atoms with Crippen molar-refractivity contribution in [1.29, 1.82) is 5.26 Å². The molecule has 23 heavy (non-hydrogen) atoms. The molecule has 0 aliphatic heterocycles. The van der Waals surface area contributed by atoms with Gasteiger partial charge in [0, 0.05) is 27.6 Å². The molecular weight excluding hydrogens is 380 g/mol. The van der Waals surface area contributed by atoms with Crippen molar-refractivity contribution in [3.05, 3.63) is 33.9 Å². The van der Waals surface area contributed by atoms with E-state index in [1.54, 1.807) is 0 Å². The van der Waals surface area contributed by atoms with Gasteiger partial charge in [-0.25, -0.2) is 0 Å². The van der Waals surface area contributed by atoms with E-state index in [1.807, 2.05) is 25.3 Å². The number of rotatable bonds is 3. The van der Waals surface area contributed by atoms with Crippen LogP contribution in [-0.4, -0.2) is 25.3 Å². The summed E-state index contributed by atoms with van der Waals surface area (Å²) in [6, 6.07) is 6.32. The highest BCUT2D eigenvalue weighted by molar-refractivity contribution is 9.10. The van der Waals surface area contributed by atoms with Crippen molar-refractivity contribution < 1.29 is 12.6 Å². The van der Waals surface area contributed by atoms with E-state index in [2.05, 4.69) is 26.6 Å². The van der Waals surface area contributed by atoms with Crippen molar-refractivity contribution in [3.8, 4) is 6.07 Å². The summed E-state index contributed by atoms with van der Waals surface area (Å²) in [5, 5.41) is 10.2. The smallest absolute Gasteiger partial charge is 0.264 e. The van der Waals surface area contributed by atoms with Crippen molar-refractivity contribution in [1.82, 2.24) is 4.57 Å². The molecule has 0 saturated heterocycles. The largest absolute Gasteiger partial charge is 0.343 e. The maximum Gasteiger partial charge on any atom is 0.264 e. The molecule has 7 heteroatoms. The molecule has 0 N–H and O–H groups in total. The van der Waals surface area contributed by atoms with Gasteiger partial charge in [-0.1, -0.05) is 0 Å². The van der Waals surface area contributed by atoms with Gasteiger partial charge in [0.2, 0.25) is 0 Å². The SMILES string of the molecule is Cc1cc2c(cc1C#N)c(Br)cn2[C@@H]1CC[C@H](OS(C)(=O)=O)C1. The van der Waals surface area contributed by atoms with Crippen LogP contribution in [0.1, 0.15) is 36.4 Å². The van der Waals surface area contributed by atoms with E-state index in [1.165, 1.54) is 0 Å². The summed E-state index contributed by atoms with van der Waals surface area (Å²) in [6.45, 7) is 1.92. The number of halogens is 1. The first-order chi connectivity index (χ1) is 10.8. The third-order valence-electron chi connectivity index (χ3n) is 4.31. The quantitative estimate of drug-likeness (QED) is 0.742. The fourth-order valence-electron chi connectivity index (χ4n) is 3.29. The van der Waals surface area contributed by atoms with E-state index >= 15 is 0 Å². The zero-order valence-electron chi connectivity index (χ0n) is 12.9. The second kappa shape index (κ2) is 5.93. The monoisotopic (exact) mass is 396 g/mol. The van der Waals surface area contributed by atoms with Crippen LogP contribution in [0.15, 0.2) is 22.8 Å². The Morgan fingerprint density at radius 2 is 2.13 bits per heavy atom. The molecule has 1 aliphatic carbocycles. The summed E-state index contributed by atoms with van der Waals surface area (Å²) in [7, 11) is -3.42. The van der Waals surface area contributed by atoms with Gasteiger partial charge in [0.05, 0.1) is 24.0 Å². The van der Waals surface area contributed by atoms with E-state index in [0.717, 1.165) is 40.0 Å². The topological polar surface area (TPSA) is 72.1 Å². The number of hydrogen-bond donors (Lipinski definition) is 0. The van der Waals surface area contributed by atoms with Crippen LogP contribution in [0.4, 0.5) is 0 Å². The van der Waals surface area contributed by atoms with E-state index < -0.39 is 10.1 Å². The Balaban J connectivity index is 1.96.